The fourth-order valence-corrected chi connectivity index (χ4v) is 1.05. The number of nitrogens with one attached hydrogen (secondary N) is 1. The van der Waals surface area contributed by atoms with Crippen LogP contribution in [0.15, 0.2) is 18.5 Å². The molecule has 82 valence electrons. The lowest BCUT2D eigenvalue weighted by Gasteiger charge is -2.02. The third-order valence-corrected chi connectivity index (χ3v) is 1.73. The van der Waals surface area contributed by atoms with E-state index in [1.807, 2.05) is 19.1 Å². The first-order chi connectivity index (χ1) is 7.22. The van der Waals surface area contributed by atoms with E-state index in [0.29, 0.717) is 6.54 Å². The summed E-state index contributed by atoms with van der Waals surface area (Å²) in [5, 5.41) is 6.56. The molecule has 0 aliphatic rings. The largest absolute Gasteiger partial charge is 0.367 e. The lowest BCUT2D eigenvalue weighted by molar-refractivity contribution is -0.121. The van der Waals surface area contributed by atoms with Crippen LogP contribution in [0.2, 0.25) is 0 Å². The van der Waals surface area contributed by atoms with E-state index in [1.54, 1.807) is 0 Å². The Morgan fingerprint density at radius 2 is 2.53 bits per heavy atom. The van der Waals surface area contributed by atoms with Crippen molar-refractivity contribution < 1.29 is 4.79 Å². The highest BCUT2D eigenvalue weighted by Gasteiger charge is 2.02. The van der Waals surface area contributed by atoms with E-state index in [4.69, 9.17) is 5.73 Å². The van der Waals surface area contributed by atoms with Crippen molar-refractivity contribution in [2.24, 2.45) is 0 Å². The fourth-order valence-electron chi connectivity index (χ4n) is 1.05. The number of hydrogen-bond donors (Lipinski definition) is 2. The van der Waals surface area contributed by atoms with Crippen LogP contribution in [0.1, 0.15) is 13.3 Å². The number of nitrogens with two attached hydrogens (primary N) is 1. The number of rotatable bonds is 5. The highest BCUT2D eigenvalue weighted by molar-refractivity contribution is 5.75. The Balaban J connectivity index is 2.24. The summed E-state index contributed by atoms with van der Waals surface area (Å²) in [4.78, 5) is 15.0. The van der Waals surface area contributed by atoms with Crippen LogP contribution in [-0.2, 0) is 11.3 Å². The Labute approximate surface area is 88.2 Å². The molecule has 1 heterocycles. The monoisotopic (exact) mass is 209 g/mol. The maximum Gasteiger partial charge on any atom is 0.241 e. The van der Waals surface area contributed by atoms with Gasteiger partial charge in [0.25, 0.3) is 0 Å². The Kier molecular flexibility index (Phi) is 4.33. The van der Waals surface area contributed by atoms with Crippen LogP contribution in [0.25, 0.3) is 0 Å². The number of anilines is 1. The van der Waals surface area contributed by atoms with Crippen molar-refractivity contribution in [1.29, 1.82) is 0 Å². The average molecular weight is 209 g/mol. The van der Waals surface area contributed by atoms with E-state index in [1.165, 1.54) is 11.0 Å². The number of carbonyl (C=O) groups excluding carboxylic acids is 1. The summed E-state index contributed by atoms with van der Waals surface area (Å²) in [5.41, 5.74) is 5.31. The average Bonchev–Trinajstić information content (AvgIpc) is 2.59. The predicted molar refractivity (Wildman–Crippen MR) is 56.9 cm³/mol. The maximum absolute atomic E-state index is 11.3. The molecule has 0 atom stereocenters. The van der Waals surface area contributed by atoms with Gasteiger partial charge in [0.05, 0.1) is 0 Å². The van der Waals surface area contributed by atoms with E-state index < -0.39 is 0 Å². The van der Waals surface area contributed by atoms with Crippen LogP contribution in [0.3, 0.4) is 0 Å². The molecule has 0 saturated carbocycles. The predicted octanol–water partition coefficient (Wildman–Crippen LogP) is -0.0573. The molecule has 1 rings (SSSR count). The van der Waals surface area contributed by atoms with Gasteiger partial charge in [-0.2, -0.15) is 0 Å². The topological polar surface area (TPSA) is 85.8 Å². The summed E-state index contributed by atoms with van der Waals surface area (Å²) in [6, 6.07) is 0. The van der Waals surface area contributed by atoms with Gasteiger partial charge in [0, 0.05) is 6.54 Å². The summed E-state index contributed by atoms with van der Waals surface area (Å²) in [7, 11) is 0. The number of nitrogens with zero attached hydrogens (tertiary/aromatic N) is 3. The first-order valence-electron chi connectivity index (χ1n) is 4.75. The molecule has 0 fully saturated rings. The second-order valence-electron chi connectivity index (χ2n) is 3.01. The van der Waals surface area contributed by atoms with Gasteiger partial charge in [-0.15, -0.1) is 5.10 Å². The van der Waals surface area contributed by atoms with E-state index in [9.17, 15) is 4.79 Å². The quantitative estimate of drug-likeness (QED) is 0.525. The van der Waals surface area contributed by atoms with Gasteiger partial charge in [-0.3, -0.25) is 4.79 Å². The van der Waals surface area contributed by atoms with E-state index in [-0.39, 0.29) is 18.4 Å². The number of hydrogen-bond acceptors (Lipinski definition) is 4. The number of allylic oxidation sites excluding steroid dienone is 1. The highest BCUT2D eigenvalue weighted by atomic mass is 16.2. The van der Waals surface area contributed by atoms with Gasteiger partial charge in [0.15, 0.2) is 0 Å². The van der Waals surface area contributed by atoms with Crippen molar-refractivity contribution in [2.45, 2.75) is 19.9 Å². The van der Waals surface area contributed by atoms with Crippen LogP contribution in [-0.4, -0.2) is 27.2 Å². The molecular formula is C9H15N5O. The second kappa shape index (κ2) is 5.79. The fraction of sp³-hybridized carbons (Fsp3) is 0.444. The van der Waals surface area contributed by atoms with Crippen LogP contribution in [0.4, 0.5) is 5.95 Å². The molecule has 0 saturated heterocycles. The molecule has 6 heteroatoms. The first kappa shape index (κ1) is 11.2. The van der Waals surface area contributed by atoms with E-state index in [0.717, 1.165) is 6.42 Å². The van der Waals surface area contributed by atoms with Crippen molar-refractivity contribution in [3.05, 3.63) is 18.5 Å². The van der Waals surface area contributed by atoms with Crippen LogP contribution >= 0.6 is 0 Å². The maximum atomic E-state index is 11.3. The molecule has 1 amide bonds. The van der Waals surface area contributed by atoms with E-state index in [2.05, 4.69) is 15.4 Å². The van der Waals surface area contributed by atoms with Gasteiger partial charge in [-0.05, 0) is 13.3 Å². The second-order valence-corrected chi connectivity index (χ2v) is 3.01. The lowest BCUT2D eigenvalue weighted by Crippen LogP contribution is -2.28. The van der Waals surface area contributed by atoms with Gasteiger partial charge < -0.3 is 11.1 Å². The first-order valence-corrected chi connectivity index (χ1v) is 4.75. The number of amides is 1. The number of carbonyl (C=O) groups is 1. The van der Waals surface area contributed by atoms with Crippen molar-refractivity contribution in [1.82, 2.24) is 20.1 Å². The SMILES string of the molecule is C/C=C/CCNC(=O)Cn1cnc(N)n1. The molecule has 0 spiro atoms. The molecule has 0 bridgehead atoms. The number of aromatic nitrogens is 3. The molecular weight excluding hydrogens is 194 g/mol. The third kappa shape index (κ3) is 4.26. The molecule has 1 aromatic rings. The van der Waals surface area contributed by atoms with Gasteiger partial charge >= 0.3 is 0 Å². The van der Waals surface area contributed by atoms with Crippen molar-refractivity contribution in [2.75, 3.05) is 12.3 Å². The molecule has 15 heavy (non-hydrogen) atoms. The Bertz CT molecular complexity index is 344. The van der Waals surface area contributed by atoms with Gasteiger partial charge in [-0.25, -0.2) is 9.67 Å². The molecule has 0 radical (unpaired) electrons. The van der Waals surface area contributed by atoms with Gasteiger partial charge in [-0.1, -0.05) is 12.2 Å². The minimum Gasteiger partial charge on any atom is -0.367 e. The normalized spacial score (nSPS) is 10.7. The molecule has 0 aliphatic heterocycles. The minimum atomic E-state index is -0.0931. The van der Waals surface area contributed by atoms with Crippen LogP contribution < -0.4 is 11.1 Å². The zero-order chi connectivity index (χ0) is 11.1. The van der Waals surface area contributed by atoms with Crippen LogP contribution in [0.5, 0.6) is 0 Å². The summed E-state index contributed by atoms with van der Waals surface area (Å²) in [6.07, 6.45) is 6.21. The standard InChI is InChI=1S/C9H15N5O/c1-2-3-4-5-11-8(15)6-14-7-12-9(10)13-14/h2-3,7H,4-6H2,1H3,(H2,10,13)(H,11,15)/b3-2+. The van der Waals surface area contributed by atoms with E-state index >= 15 is 0 Å². The minimum absolute atomic E-state index is 0.0931. The van der Waals surface area contributed by atoms with Gasteiger partial charge in [0.2, 0.25) is 11.9 Å². The molecule has 3 N–H and O–H groups in total. The molecule has 0 unspecified atom stereocenters. The highest BCUT2D eigenvalue weighted by Crippen LogP contribution is 1.89. The Morgan fingerprint density at radius 1 is 1.73 bits per heavy atom. The van der Waals surface area contributed by atoms with Crippen molar-refractivity contribution in [3.63, 3.8) is 0 Å². The number of nitrogen functional groups attached to an aromatic ring is 1. The summed E-state index contributed by atoms with van der Waals surface area (Å²) < 4.78 is 1.40. The van der Waals surface area contributed by atoms with Gasteiger partial charge in [0.1, 0.15) is 12.9 Å². The lowest BCUT2D eigenvalue weighted by atomic mass is 10.4. The summed E-state index contributed by atoms with van der Waals surface area (Å²) in [6.45, 7) is 2.73. The molecule has 1 aromatic heterocycles. The molecule has 0 aliphatic carbocycles. The van der Waals surface area contributed by atoms with Crippen molar-refractivity contribution in [3.8, 4) is 0 Å². The smallest absolute Gasteiger partial charge is 0.241 e. The molecule has 6 nitrogen and oxygen atoms in total. The third-order valence-electron chi connectivity index (χ3n) is 1.73. The van der Waals surface area contributed by atoms with Crippen LogP contribution in [0, 0.1) is 0 Å². The van der Waals surface area contributed by atoms with Crippen molar-refractivity contribution >= 4 is 11.9 Å². The summed E-state index contributed by atoms with van der Waals surface area (Å²) >= 11 is 0. The zero-order valence-corrected chi connectivity index (χ0v) is 8.68. The Hall–Kier alpha value is -1.85. The molecule has 0 aromatic carbocycles. The zero-order valence-electron chi connectivity index (χ0n) is 8.68. The summed E-state index contributed by atoms with van der Waals surface area (Å²) in [5.74, 6) is 0.0844. The Morgan fingerprint density at radius 3 is 3.13 bits per heavy atom.